The second-order valence-electron chi connectivity index (χ2n) is 3.66. The van der Waals surface area contributed by atoms with Crippen molar-refractivity contribution in [2.45, 2.75) is 13.0 Å². The Bertz CT molecular complexity index is 484. The Balaban J connectivity index is 2.31. The van der Waals surface area contributed by atoms with E-state index >= 15 is 0 Å². The molecule has 90 valence electrons. The fourth-order valence-electron chi connectivity index (χ4n) is 1.64. The Morgan fingerprint density at radius 1 is 1.35 bits per heavy atom. The molecular weight excluding hydrogens is 238 g/mol. The van der Waals surface area contributed by atoms with Crippen molar-refractivity contribution in [2.75, 3.05) is 13.0 Å². The number of halogens is 1. The maximum atomic E-state index is 5.68. The number of hydrogen-bond acceptors (Lipinski definition) is 3. The summed E-state index contributed by atoms with van der Waals surface area (Å²) in [6.07, 6.45) is 2.63. The van der Waals surface area contributed by atoms with Crippen molar-refractivity contribution in [3.8, 4) is 5.69 Å². The summed E-state index contributed by atoms with van der Waals surface area (Å²) in [5, 5.41) is 8.17. The molecule has 0 N–H and O–H groups in total. The smallest absolute Gasteiger partial charge is 0.0843 e. The standard InChI is InChI=1S/C12H14ClN3O/c1-17-9-10-4-2-3-5-12(10)16-8-11(6-7-13)14-15-16/h2-5,8H,6-7,9H2,1H3. The summed E-state index contributed by atoms with van der Waals surface area (Å²) in [6, 6.07) is 7.96. The number of rotatable bonds is 5. The van der Waals surface area contributed by atoms with Gasteiger partial charge in [-0.25, -0.2) is 4.68 Å². The van der Waals surface area contributed by atoms with Crippen LogP contribution in [0.4, 0.5) is 0 Å². The molecule has 1 aromatic carbocycles. The molecule has 0 aliphatic carbocycles. The lowest BCUT2D eigenvalue weighted by molar-refractivity contribution is 0.184. The van der Waals surface area contributed by atoms with E-state index < -0.39 is 0 Å². The minimum atomic E-state index is 0.554. The van der Waals surface area contributed by atoms with Gasteiger partial charge in [0.1, 0.15) is 0 Å². The number of para-hydroxylation sites is 1. The monoisotopic (exact) mass is 251 g/mol. The predicted molar refractivity (Wildman–Crippen MR) is 66.5 cm³/mol. The number of alkyl halides is 1. The summed E-state index contributed by atoms with van der Waals surface area (Å²) < 4.78 is 6.92. The van der Waals surface area contributed by atoms with E-state index in [9.17, 15) is 0 Å². The molecule has 0 amide bonds. The number of aromatic nitrogens is 3. The van der Waals surface area contributed by atoms with Crippen molar-refractivity contribution < 1.29 is 4.74 Å². The molecule has 0 aliphatic heterocycles. The molecule has 2 aromatic rings. The first kappa shape index (κ1) is 12.1. The molecule has 0 fully saturated rings. The molecule has 2 rings (SSSR count). The highest BCUT2D eigenvalue weighted by molar-refractivity contribution is 6.17. The molecule has 0 aliphatic rings. The lowest BCUT2D eigenvalue weighted by atomic mass is 10.2. The quantitative estimate of drug-likeness (QED) is 0.765. The van der Waals surface area contributed by atoms with Crippen molar-refractivity contribution in [2.24, 2.45) is 0 Å². The van der Waals surface area contributed by atoms with Gasteiger partial charge >= 0.3 is 0 Å². The highest BCUT2D eigenvalue weighted by atomic mass is 35.5. The van der Waals surface area contributed by atoms with E-state index in [1.165, 1.54) is 0 Å². The number of benzene rings is 1. The minimum Gasteiger partial charge on any atom is -0.380 e. The molecule has 0 atom stereocenters. The average Bonchev–Trinajstić information content (AvgIpc) is 2.79. The zero-order valence-electron chi connectivity index (χ0n) is 9.64. The van der Waals surface area contributed by atoms with E-state index in [2.05, 4.69) is 10.3 Å². The van der Waals surface area contributed by atoms with Crippen LogP contribution < -0.4 is 0 Å². The first-order valence-electron chi connectivity index (χ1n) is 5.39. The predicted octanol–water partition coefficient (Wildman–Crippen LogP) is 2.20. The summed E-state index contributed by atoms with van der Waals surface area (Å²) in [6.45, 7) is 0.556. The van der Waals surface area contributed by atoms with Crippen molar-refractivity contribution in [3.63, 3.8) is 0 Å². The number of methoxy groups -OCH3 is 1. The summed E-state index contributed by atoms with van der Waals surface area (Å²) in [4.78, 5) is 0. The van der Waals surface area contributed by atoms with Gasteiger partial charge < -0.3 is 4.74 Å². The number of ether oxygens (including phenoxy) is 1. The van der Waals surface area contributed by atoms with Crippen molar-refractivity contribution in [1.29, 1.82) is 0 Å². The van der Waals surface area contributed by atoms with Gasteiger partial charge in [-0.1, -0.05) is 23.4 Å². The van der Waals surface area contributed by atoms with E-state index in [1.54, 1.807) is 11.8 Å². The van der Waals surface area contributed by atoms with Crippen LogP contribution in [0, 0.1) is 0 Å². The molecule has 0 spiro atoms. The molecule has 17 heavy (non-hydrogen) atoms. The Morgan fingerprint density at radius 3 is 2.94 bits per heavy atom. The van der Waals surface area contributed by atoms with Crippen LogP contribution in [0.25, 0.3) is 5.69 Å². The maximum absolute atomic E-state index is 5.68. The summed E-state index contributed by atoms with van der Waals surface area (Å²) in [5.74, 6) is 0.554. The van der Waals surface area contributed by atoms with Gasteiger partial charge in [0.15, 0.2) is 0 Å². The zero-order valence-corrected chi connectivity index (χ0v) is 10.4. The number of aryl methyl sites for hydroxylation is 1. The van der Waals surface area contributed by atoms with Crippen molar-refractivity contribution in [1.82, 2.24) is 15.0 Å². The van der Waals surface area contributed by atoms with E-state index in [4.69, 9.17) is 16.3 Å². The molecular formula is C12H14ClN3O. The third kappa shape index (κ3) is 2.84. The van der Waals surface area contributed by atoms with Gasteiger partial charge in [0, 0.05) is 25.0 Å². The van der Waals surface area contributed by atoms with Gasteiger partial charge in [0.25, 0.3) is 0 Å². The molecule has 4 nitrogen and oxygen atoms in total. The Kier molecular flexibility index (Phi) is 4.12. The Labute approximate surface area is 105 Å². The van der Waals surface area contributed by atoms with E-state index in [-0.39, 0.29) is 0 Å². The van der Waals surface area contributed by atoms with Gasteiger partial charge in [-0.15, -0.1) is 16.7 Å². The first-order valence-corrected chi connectivity index (χ1v) is 5.93. The molecule has 0 saturated heterocycles. The Hall–Kier alpha value is -1.39. The first-order chi connectivity index (χ1) is 8.35. The molecule has 5 heteroatoms. The molecule has 0 radical (unpaired) electrons. The molecule has 0 unspecified atom stereocenters. The second-order valence-corrected chi connectivity index (χ2v) is 4.03. The van der Waals surface area contributed by atoms with Crippen LogP contribution in [0.2, 0.25) is 0 Å². The van der Waals surface area contributed by atoms with Crippen molar-refractivity contribution in [3.05, 3.63) is 41.7 Å². The van der Waals surface area contributed by atoms with Crippen LogP contribution in [0.1, 0.15) is 11.3 Å². The lowest BCUT2D eigenvalue weighted by Crippen LogP contribution is -2.01. The van der Waals surface area contributed by atoms with Crippen LogP contribution in [-0.2, 0) is 17.8 Å². The summed E-state index contributed by atoms with van der Waals surface area (Å²) in [5.41, 5.74) is 2.97. The number of nitrogens with zero attached hydrogens (tertiary/aromatic N) is 3. The van der Waals surface area contributed by atoms with E-state index in [0.717, 1.165) is 23.4 Å². The minimum absolute atomic E-state index is 0.554. The third-order valence-corrected chi connectivity index (χ3v) is 2.62. The van der Waals surface area contributed by atoms with Gasteiger partial charge in [-0.3, -0.25) is 0 Å². The fraction of sp³-hybridized carbons (Fsp3) is 0.333. The lowest BCUT2D eigenvalue weighted by Gasteiger charge is -2.07. The molecule has 1 heterocycles. The fourth-order valence-corrected chi connectivity index (χ4v) is 1.83. The summed E-state index contributed by atoms with van der Waals surface area (Å²) in [7, 11) is 1.68. The van der Waals surface area contributed by atoms with E-state index in [0.29, 0.717) is 12.5 Å². The highest BCUT2D eigenvalue weighted by Gasteiger charge is 2.06. The Morgan fingerprint density at radius 2 is 2.18 bits per heavy atom. The molecule has 1 aromatic heterocycles. The zero-order chi connectivity index (χ0) is 12.1. The molecule has 0 bridgehead atoms. The normalized spacial score (nSPS) is 10.7. The van der Waals surface area contributed by atoms with Crippen LogP contribution >= 0.6 is 11.6 Å². The molecule has 0 saturated carbocycles. The van der Waals surface area contributed by atoms with E-state index in [1.807, 2.05) is 30.5 Å². The third-order valence-electron chi connectivity index (χ3n) is 2.43. The summed E-state index contributed by atoms with van der Waals surface area (Å²) >= 11 is 5.68. The topological polar surface area (TPSA) is 39.9 Å². The number of hydrogen-bond donors (Lipinski definition) is 0. The van der Waals surface area contributed by atoms with Gasteiger partial charge in [-0.2, -0.15) is 0 Å². The van der Waals surface area contributed by atoms with Crippen LogP contribution in [0.5, 0.6) is 0 Å². The highest BCUT2D eigenvalue weighted by Crippen LogP contribution is 2.14. The van der Waals surface area contributed by atoms with Gasteiger partial charge in [0.05, 0.1) is 24.2 Å². The van der Waals surface area contributed by atoms with Crippen LogP contribution in [0.15, 0.2) is 30.5 Å². The van der Waals surface area contributed by atoms with Gasteiger partial charge in [0.2, 0.25) is 0 Å². The van der Waals surface area contributed by atoms with Crippen LogP contribution in [0.3, 0.4) is 0 Å². The SMILES string of the molecule is COCc1ccccc1-n1cc(CCCl)nn1. The van der Waals surface area contributed by atoms with Crippen molar-refractivity contribution >= 4 is 11.6 Å². The largest absolute Gasteiger partial charge is 0.380 e. The maximum Gasteiger partial charge on any atom is 0.0843 e. The van der Waals surface area contributed by atoms with Gasteiger partial charge in [-0.05, 0) is 6.07 Å². The average molecular weight is 252 g/mol. The second kappa shape index (κ2) is 5.80. The van der Waals surface area contributed by atoms with Crippen LogP contribution in [-0.4, -0.2) is 28.0 Å².